The molecular weight excluding hydrogens is 362 g/mol. The quantitative estimate of drug-likeness (QED) is 0.858. The molecule has 0 unspecified atom stereocenters. The molecule has 1 saturated carbocycles. The first-order valence-corrected chi connectivity index (χ1v) is 11.3. The zero-order valence-corrected chi connectivity index (χ0v) is 17.5. The van der Waals surface area contributed by atoms with Crippen molar-refractivity contribution >= 4 is 16.8 Å². The minimum Gasteiger partial charge on any atom is -0.375 e. The minimum atomic E-state index is 0.0739. The van der Waals surface area contributed by atoms with E-state index in [1.54, 1.807) is 0 Å². The Morgan fingerprint density at radius 3 is 2.86 bits per heavy atom. The number of likely N-dealkylation sites (tertiary alicyclic amines) is 1. The molecule has 1 aromatic heterocycles. The molecule has 1 aromatic carbocycles. The van der Waals surface area contributed by atoms with Crippen LogP contribution in [0.3, 0.4) is 0 Å². The highest BCUT2D eigenvalue weighted by molar-refractivity contribution is 5.88. The summed E-state index contributed by atoms with van der Waals surface area (Å²) in [4.78, 5) is 21.3. The molecule has 3 aliphatic rings. The van der Waals surface area contributed by atoms with Crippen molar-refractivity contribution in [1.29, 1.82) is 0 Å². The second-order valence-electron chi connectivity index (χ2n) is 9.30. The third kappa shape index (κ3) is 3.59. The molecule has 5 nitrogen and oxygen atoms in total. The summed E-state index contributed by atoms with van der Waals surface area (Å²) in [6, 6.07) is 8.96. The Balaban J connectivity index is 1.34. The molecule has 3 fully saturated rings. The summed E-state index contributed by atoms with van der Waals surface area (Å²) in [7, 11) is 2.03. The van der Waals surface area contributed by atoms with Gasteiger partial charge in [0.25, 0.3) is 0 Å². The Bertz CT molecular complexity index is 864. The molecule has 3 heterocycles. The van der Waals surface area contributed by atoms with Crippen molar-refractivity contribution in [2.75, 3.05) is 26.7 Å². The summed E-state index contributed by atoms with van der Waals surface area (Å²) in [5, 5.41) is 1.16. The fraction of sp³-hybridized carbons (Fsp3) is 0.625. The van der Waals surface area contributed by atoms with Gasteiger partial charge in [-0.15, -0.1) is 0 Å². The molecule has 2 aromatic rings. The second-order valence-corrected chi connectivity index (χ2v) is 9.30. The van der Waals surface area contributed by atoms with Gasteiger partial charge in [0.1, 0.15) is 0 Å². The molecule has 5 heteroatoms. The number of hydrogen-bond donors (Lipinski definition) is 1. The van der Waals surface area contributed by atoms with E-state index in [4.69, 9.17) is 4.74 Å². The van der Waals surface area contributed by atoms with E-state index in [0.29, 0.717) is 18.5 Å². The van der Waals surface area contributed by atoms with Gasteiger partial charge in [0.05, 0.1) is 12.0 Å². The van der Waals surface area contributed by atoms with Gasteiger partial charge in [-0.1, -0.05) is 18.2 Å². The Kier molecular flexibility index (Phi) is 5.12. The van der Waals surface area contributed by atoms with Crippen molar-refractivity contribution in [3.8, 4) is 0 Å². The second kappa shape index (κ2) is 7.77. The highest BCUT2D eigenvalue weighted by Crippen LogP contribution is 2.43. The van der Waals surface area contributed by atoms with Crippen LogP contribution in [0.5, 0.6) is 0 Å². The molecule has 1 aliphatic carbocycles. The number of likely N-dealkylation sites (N-methyl/N-ethyl adjacent to an activating group) is 1. The Hall–Kier alpha value is -1.85. The summed E-state index contributed by atoms with van der Waals surface area (Å²) in [6.07, 6.45) is 10.6. The van der Waals surface area contributed by atoms with Gasteiger partial charge in [0.15, 0.2) is 0 Å². The van der Waals surface area contributed by atoms with E-state index in [0.717, 1.165) is 42.3 Å². The van der Waals surface area contributed by atoms with Crippen LogP contribution >= 0.6 is 0 Å². The van der Waals surface area contributed by atoms with E-state index in [2.05, 4.69) is 26.9 Å². The first-order valence-electron chi connectivity index (χ1n) is 11.3. The zero-order valence-electron chi connectivity index (χ0n) is 17.5. The van der Waals surface area contributed by atoms with Gasteiger partial charge in [-0.05, 0) is 69.7 Å². The summed E-state index contributed by atoms with van der Waals surface area (Å²) in [5.41, 5.74) is 2.28. The predicted octanol–water partition coefficient (Wildman–Crippen LogP) is 3.73. The van der Waals surface area contributed by atoms with Gasteiger partial charge in [-0.3, -0.25) is 9.69 Å². The summed E-state index contributed by atoms with van der Waals surface area (Å²) >= 11 is 0. The number of H-pyrrole nitrogens is 1. The summed E-state index contributed by atoms with van der Waals surface area (Å²) in [6.45, 7) is 3.25. The Morgan fingerprint density at radius 1 is 1.24 bits per heavy atom. The van der Waals surface area contributed by atoms with Crippen LogP contribution in [0.15, 0.2) is 30.5 Å². The monoisotopic (exact) mass is 395 g/mol. The summed E-state index contributed by atoms with van der Waals surface area (Å²) < 4.78 is 6.26. The van der Waals surface area contributed by atoms with Gasteiger partial charge in [-0.2, -0.15) is 0 Å². The number of aromatic nitrogens is 1. The van der Waals surface area contributed by atoms with Crippen molar-refractivity contribution in [2.24, 2.45) is 0 Å². The van der Waals surface area contributed by atoms with Crippen molar-refractivity contribution in [3.05, 3.63) is 36.0 Å². The number of ether oxygens (including phenoxy) is 1. The average Bonchev–Trinajstić information content (AvgIpc) is 3.50. The third-order valence-electron chi connectivity index (χ3n) is 7.62. The molecule has 0 radical (unpaired) electrons. The van der Waals surface area contributed by atoms with Crippen LogP contribution in [0, 0.1) is 0 Å². The van der Waals surface area contributed by atoms with Gasteiger partial charge in [0, 0.05) is 42.8 Å². The standard InChI is InChI=1S/C24H33N3O2/c1-26(23(28)15-18-17-25-20-8-3-2-7-19(18)20)21-9-11-24(10-6-14-29-24)16-22(21)27-12-4-5-13-27/h2-3,7-8,17,21-22,25H,4-6,9-16H2,1H3/t21-,22-,24+/m1/s1. The van der Waals surface area contributed by atoms with E-state index in [1.165, 1.54) is 38.8 Å². The minimum absolute atomic E-state index is 0.0739. The Labute approximate surface area is 173 Å². The molecule has 5 rings (SSSR count). The number of nitrogens with zero attached hydrogens (tertiary/aromatic N) is 2. The molecular formula is C24H33N3O2. The highest BCUT2D eigenvalue weighted by Gasteiger charge is 2.47. The number of rotatable bonds is 4. The number of benzene rings is 1. The molecule has 0 bridgehead atoms. The lowest BCUT2D eigenvalue weighted by atomic mass is 9.76. The Morgan fingerprint density at radius 2 is 2.07 bits per heavy atom. The first kappa shape index (κ1) is 19.1. The number of carbonyl (C=O) groups excluding carboxylic acids is 1. The van der Waals surface area contributed by atoms with E-state index in [1.807, 2.05) is 25.4 Å². The first-order chi connectivity index (χ1) is 14.2. The number of para-hydroxylation sites is 1. The van der Waals surface area contributed by atoms with E-state index >= 15 is 0 Å². The van der Waals surface area contributed by atoms with Crippen LogP contribution in [0.1, 0.15) is 50.5 Å². The summed E-state index contributed by atoms with van der Waals surface area (Å²) in [5.74, 6) is 0.229. The number of amides is 1. The lowest BCUT2D eigenvalue weighted by molar-refractivity contribution is -0.136. The van der Waals surface area contributed by atoms with Crippen molar-refractivity contribution < 1.29 is 9.53 Å². The zero-order chi connectivity index (χ0) is 19.8. The third-order valence-corrected chi connectivity index (χ3v) is 7.62. The van der Waals surface area contributed by atoms with Gasteiger partial charge in [-0.25, -0.2) is 0 Å². The van der Waals surface area contributed by atoms with E-state index < -0.39 is 0 Å². The van der Waals surface area contributed by atoms with Gasteiger partial charge >= 0.3 is 0 Å². The maximum atomic E-state index is 13.3. The fourth-order valence-corrected chi connectivity index (χ4v) is 5.98. The smallest absolute Gasteiger partial charge is 0.227 e. The molecule has 156 valence electrons. The molecule has 1 amide bonds. The SMILES string of the molecule is CN(C(=O)Cc1c[nH]c2ccccc12)[C@@H]1CC[C@@]2(CCCO2)C[C@H]1N1CCCC1. The van der Waals surface area contributed by atoms with Gasteiger partial charge in [0.2, 0.25) is 5.91 Å². The maximum Gasteiger partial charge on any atom is 0.227 e. The van der Waals surface area contributed by atoms with Crippen LogP contribution < -0.4 is 0 Å². The predicted molar refractivity (Wildman–Crippen MR) is 115 cm³/mol. The highest BCUT2D eigenvalue weighted by atomic mass is 16.5. The average molecular weight is 396 g/mol. The topological polar surface area (TPSA) is 48.6 Å². The van der Waals surface area contributed by atoms with Crippen LogP contribution in [-0.4, -0.2) is 65.1 Å². The van der Waals surface area contributed by atoms with E-state index in [9.17, 15) is 4.79 Å². The van der Waals surface area contributed by atoms with Crippen molar-refractivity contribution in [3.63, 3.8) is 0 Å². The van der Waals surface area contributed by atoms with Crippen LogP contribution in [0.25, 0.3) is 10.9 Å². The molecule has 1 spiro atoms. The number of carbonyl (C=O) groups is 1. The van der Waals surface area contributed by atoms with Crippen LogP contribution in [-0.2, 0) is 16.0 Å². The largest absolute Gasteiger partial charge is 0.375 e. The maximum absolute atomic E-state index is 13.3. The lowest BCUT2D eigenvalue weighted by Gasteiger charge is -2.48. The van der Waals surface area contributed by atoms with Crippen LogP contribution in [0.4, 0.5) is 0 Å². The molecule has 2 saturated heterocycles. The van der Waals surface area contributed by atoms with Gasteiger partial charge < -0.3 is 14.6 Å². The number of aromatic amines is 1. The number of nitrogens with one attached hydrogen (secondary N) is 1. The number of fused-ring (bicyclic) bond motifs is 1. The molecule has 29 heavy (non-hydrogen) atoms. The lowest BCUT2D eigenvalue weighted by Crippen LogP contribution is -2.58. The van der Waals surface area contributed by atoms with Crippen molar-refractivity contribution in [1.82, 2.24) is 14.8 Å². The molecule has 2 aliphatic heterocycles. The molecule has 1 N–H and O–H groups in total. The van der Waals surface area contributed by atoms with Crippen LogP contribution in [0.2, 0.25) is 0 Å². The normalized spacial score (nSPS) is 30.4. The number of hydrogen-bond acceptors (Lipinski definition) is 3. The van der Waals surface area contributed by atoms with E-state index in [-0.39, 0.29) is 11.5 Å². The molecule has 3 atom stereocenters. The fourth-order valence-electron chi connectivity index (χ4n) is 5.98. The van der Waals surface area contributed by atoms with Crippen molar-refractivity contribution in [2.45, 2.75) is 69.1 Å².